The molecule has 1 aromatic heterocycles. The van der Waals surface area contributed by atoms with Crippen LogP contribution in [0.25, 0.3) is 0 Å². The Morgan fingerprint density at radius 1 is 1.75 bits per heavy atom. The monoisotopic (exact) mass is 248 g/mol. The molecule has 88 valence electrons. The Kier molecular flexibility index (Phi) is 3.03. The van der Waals surface area contributed by atoms with E-state index in [1.807, 2.05) is 0 Å². The lowest BCUT2D eigenvalue weighted by molar-refractivity contribution is -0.00702. The Morgan fingerprint density at radius 2 is 2.50 bits per heavy atom. The molecule has 2 rings (SSSR count). The lowest BCUT2D eigenvalue weighted by Gasteiger charge is -2.12. The number of hydrogen-bond acceptors (Lipinski definition) is 6. The molecule has 3 atom stereocenters. The van der Waals surface area contributed by atoms with Crippen molar-refractivity contribution in [2.24, 2.45) is 0 Å². The highest BCUT2D eigenvalue weighted by Crippen LogP contribution is 2.22. The van der Waals surface area contributed by atoms with Gasteiger partial charge < -0.3 is 15.6 Å². The molecule has 0 spiro atoms. The first-order valence-corrected chi connectivity index (χ1v) is 5.98. The van der Waals surface area contributed by atoms with Crippen molar-refractivity contribution >= 4 is 16.6 Å². The van der Waals surface area contributed by atoms with Crippen LogP contribution >= 0.6 is 0 Å². The number of aromatic nitrogens is 2. The molecule has 0 aromatic carbocycles. The molecular weight excluding hydrogens is 237 g/mol. The molecule has 2 heterocycles. The zero-order valence-electron chi connectivity index (χ0n) is 8.28. The predicted molar refractivity (Wildman–Crippen MR) is 56.9 cm³/mol. The van der Waals surface area contributed by atoms with Gasteiger partial charge in [0, 0.05) is 6.20 Å². The first-order chi connectivity index (χ1) is 7.61. The lowest BCUT2D eigenvalue weighted by atomic mass is 10.6. The summed E-state index contributed by atoms with van der Waals surface area (Å²) in [4.78, 5) is 15.0. The van der Waals surface area contributed by atoms with Gasteiger partial charge in [0.1, 0.15) is 5.82 Å². The molecule has 0 radical (unpaired) electrons. The topological polar surface area (TPSA) is 107 Å². The number of hydrogen-bond donors (Lipinski definition) is 2. The van der Waals surface area contributed by atoms with Gasteiger partial charge >= 0.3 is 5.69 Å². The number of ether oxygens (including phenoxy) is 1. The van der Waals surface area contributed by atoms with Crippen LogP contribution in [0.15, 0.2) is 17.1 Å². The lowest BCUT2D eigenvalue weighted by Crippen LogP contribution is -2.28. The predicted octanol–water partition coefficient (Wildman–Crippen LogP) is -1.58. The van der Waals surface area contributed by atoms with E-state index in [1.54, 1.807) is 0 Å². The van der Waals surface area contributed by atoms with Crippen LogP contribution in [0.1, 0.15) is 6.23 Å². The maximum atomic E-state index is 11.5. The summed E-state index contributed by atoms with van der Waals surface area (Å²) in [5, 5.41) is 8.87. The Balaban J connectivity index is 2.27. The Labute approximate surface area is 93.3 Å². The van der Waals surface area contributed by atoms with Crippen molar-refractivity contribution in [3.8, 4) is 0 Å². The number of aliphatic hydroxyl groups excluding tert-OH is 1. The van der Waals surface area contributed by atoms with Crippen molar-refractivity contribution in [1.82, 2.24) is 9.55 Å². The smallest absolute Gasteiger partial charge is 0.351 e. The van der Waals surface area contributed by atoms with Crippen LogP contribution < -0.4 is 11.4 Å². The molecular formula is C8H11N3O4S. The minimum absolute atomic E-state index is 0.124. The fourth-order valence-electron chi connectivity index (χ4n) is 1.44. The van der Waals surface area contributed by atoms with Crippen molar-refractivity contribution < 1.29 is 14.1 Å². The molecule has 0 saturated carbocycles. The standard InChI is InChI=1S/C8H11N3O4S/c9-5-1-2-11(8(13)10-5)6-4-16(14)7(3-12)15-6/h1-2,6-7,12H,3-4H2,(H2,9,10,13)/t6-,7+,16?/m0/s1/i8+1,10+1,11+1. The van der Waals surface area contributed by atoms with Gasteiger partial charge in [0.2, 0.25) is 0 Å². The Bertz CT molecular complexity index is 475. The molecule has 8 heteroatoms. The molecule has 1 saturated heterocycles. The van der Waals surface area contributed by atoms with Crippen LogP contribution in [0.3, 0.4) is 0 Å². The quantitative estimate of drug-likeness (QED) is 0.654. The summed E-state index contributed by atoms with van der Waals surface area (Å²) in [6, 6.07) is 1.46. The Morgan fingerprint density at radius 3 is 3.06 bits per heavy atom. The van der Waals surface area contributed by atoms with Crippen LogP contribution in [0, 0.1) is 0 Å². The summed E-state index contributed by atoms with van der Waals surface area (Å²) in [6.07, 6.45) is 0.783. The van der Waals surface area contributed by atoms with E-state index in [1.165, 1.54) is 16.8 Å². The summed E-state index contributed by atoms with van der Waals surface area (Å²) in [5.41, 5.74) is 4.05. The summed E-state index contributed by atoms with van der Waals surface area (Å²) in [6.45, 7) is -0.333. The molecule has 1 fully saturated rings. The number of anilines is 1. The molecule has 1 unspecified atom stereocenters. The van der Waals surface area contributed by atoms with E-state index in [9.17, 15) is 9.00 Å². The number of nitrogen functional groups attached to an aromatic ring is 1. The van der Waals surface area contributed by atoms with Gasteiger partial charge in [-0.1, -0.05) is 0 Å². The molecule has 0 aliphatic carbocycles. The molecule has 0 bridgehead atoms. The number of nitrogens with zero attached hydrogens (tertiary/aromatic N) is 2. The second-order valence-electron chi connectivity index (χ2n) is 3.29. The van der Waals surface area contributed by atoms with Gasteiger partial charge in [-0.2, -0.15) is 4.98 Å². The maximum Gasteiger partial charge on any atom is 0.351 e. The van der Waals surface area contributed by atoms with Crippen LogP contribution in [0.4, 0.5) is 5.82 Å². The van der Waals surface area contributed by atoms with Gasteiger partial charge in [0.15, 0.2) is 11.7 Å². The van der Waals surface area contributed by atoms with Crippen molar-refractivity contribution in [2.45, 2.75) is 11.7 Å². The van der Waals surface area contributed by atoms with Gasteiger partial charge in [-0.25, -0.2) is 4.79 Å². The average Bonchev–Trinajstić information content (AvgIpc) is 2.59. The zero-order valence-corrected chi connectivity index (χ0v) is 9.09. The largest absolute Gasteiger partial charge is 0.393 e. The molecule has 1 aromatic rings. The molecule has 16 heavy (non-hydrogen) atoms. The Hall–Kier alpha value is -1.25. The summed E-state index contributed by atoms with van der Waals surface area (Å²) in [7, 11) is -1.30. The number of aliphatic hydroxyl groups is 1. The van der Waals surface area contributed by atoms with E-state index in [4.69, 9.17) is 15.6 Å². The molecule has 1 aliphatic heterocycles. The normalized spacial score (nSPS) is 29.4. The van der Waals surface area contributed by atoms with Crippen molar-refractivity contribution in [3.63, 3.8) is 0 Å². The minimum Gasteiger partial charge on any atom is -0.393 e. The van der Waals surface area contributed by atoms with Crippen LogP contribution in [0.5, 0.6) is 0 Å². The highest BCUT2D eigenvalue weighted by molar-refractivity contribution is 7.85. The second-order valence-corrected chi connectivity index (χ2v) is 4.91. The van der Waals surface area contributed by atoms with Gasteiger partial charge in [-0.05, 0) is 6.07 Å². The first kappa shape index (κ1) is 11.2. The fraction of sp³-hybridized carbons (Fsp3) is 0.500. The van der Waals surface area contributed by atoms with E-state index in [0.717, 1.165) is 0 Å². The van der Waals surface area contributed by atoms with Crippen LogP contribution in [0.2, 0.25) is 0 Å². The molecule has 3 N–H and O–H groups in total. The molecule has 7 nitrogen and oxygen atoms in total. The molecule has 0 amide bonds. The highest BCUT2D eigenvalue weighted by atomic mass is 32.2. The van der Waals surface area contributed by atoms with Crippen molar-refractivity contribution in [1.29, 1.82) is 0 Å². The summed E-state index contributed by atoms with van der Waals surface area (Å²) in [5.74, 6) is 0.288. The van der Waals surface area contributed by atoms with Gasteiger partial charge in [-0.15, -0.1) is 0 Å². The maximum absolute atomic E-state index is 11.5. The fourth-order valence-corrected chi connectivity index (χ4v) is 2.59. The van der Waals surface area contributed by atoms with E-state index in [2.05, 4.69) is 4.98 Å². The summed E-state index contributed by atoms with van der Waals surface area (Å²) >= 11 is 0. The van der Waals surface area contributed by atoms with E-state index >= 15 is 0 Å². The van der Waals surface area contributed by atoms with Crippen LogP contribution in [-0.4, -0.2) is 36.7 Å². The average molecular weight is 248 g/mol. The molecule has 1 aliphatic rings. The zero-order chi connectivity index (χ0) is 11.7. The minimum atomic E-state index is -1.30. The van der Waals surface area contributed by atoms with E-state index in [0.29, 0.717) is 0 Å². The summed E-state index contributed by atoms with van der Waals surface area (Å²) < 4.78 is 17.9. The highest BCUT2D eigenvalue weighted by Gasteiger charge is 2.33. The second kappa shape index (κ2) is 4.32. The SMILES string of the molecule is Nc1cc[15n]([C@@H]2CS(=O)[C@H](CO)O2)[13c](=O)[15n]1. The first-order valence-electron chi connectivity index (χ1n) is 4.60. The van der Waals surface area contributed by atoms with E-state index in [-0.39, 0.29) is 18.2 Å². The third kappa shape index (κ3) is 1.99. The van der Waals surface area contributed by atoms with Gasteiger partial charge in [-0.3, -0.25) is 8.78 Å². The van der Waals surface area contributed by atoms with Crippen LogP contribution in [-0.2, 0) is 15.5 Å². The number of rotatable bonds is 2. The van der Waals surface area contributed by atoms with Crippen molar-refractivity contribution in [2.75, 3.05) is 18.1 Å². The number of nitrogens with two attached hydrogens (primary N) is 1. The van der Waals surface area contributed by atoms with Gasteiger partial charge in [0.25, 0.3) is 0 Å². The van der Waals surface area contributed by atoms with Crippen molar-refractivity contribution in [3.05, 3.63) is 22.7 Å². The van der Waals surface area contributed by atoms with Gasteiger partial charge in [0.05, 0.1) is 23.2 Å². The third-order valence-corrected chi connectivity index (χ3v) is 3.68. The third-order valence-electron chi connectivity index (χ3n) is 2.22. The van der Waals surface area contributed by atoms with E-state index < -0.39 is 28.2 Å².